The molecule has 0 bridgehead atoms. The van der Waals surface area contributed by atoms with E-state index in [0.717, 1.165) is 11.3 Å². The fourth-order valence-electron chi connectivity index (χ4n) is 1.51. The molecule has 1 rings (SSSR count). The Morgan fingerprint density at radius 3 is 2.61 bits per heavy atom. The number of amides is 1. The van der Waals surface area contributed by atoms with Crippen molar-refractivity contribution in [3.05, 3.63) is 29.1 Å². The number of pyridine rings is 1. The maximum Gasteiger partial charge on any atom is 0.334 e. The Hall–Kier alpha value is -1.95. The summed E-state index contributed by atoms with van der Waals surface area (Å²) >= 11 is 0. The first-order valence-electron chi connectivity index (χ1n) is 5.43. The normalized spacial score (nSPS) is 11.9. The molecule has 0 aliphatic carbocycles. The van der Waals surface area contributed by atoms with E-state index in [1.807, 2.05) is 13.0 Å². The maximum absolute atomic E-state index is 11.8. The van der Waals surface area contributed by atoms with Crippen LogP contribution in [0.2, 0.25) is 0 Å². The van der Waals surface area contributed by atoms with E-state index >= 15 is 0 Å². The van der Waals surface area contributed by atoms with Crippen LogP contribution >= 0.6 is 0 Å². The van der Waals surface area contributed by atoms with Gasteiger partial charge in [-0.2, -0.15) is 0 Å². The lowest BCUT2D eigenvalue weighted by Crippen LogP contribution is -2.38. The number of rotatable bonds is 5. The summed E-state index contributed by atoms with van der Waals surface area (Å²) in [5, 5.41) is 11.2. The monoisotopic (exact) mass is 252 g/mol. The average molecular weight is 252 g/mol. The number of carbonyl (C=O) groups is 2. The lowest BCUT2D eigenvalue weighted by Gasteiger charge is -2.11. The highest BCUT2D eigenvalue weighted by Crippen LogP contribution is 2.04. The van der Waals surface area contributed by atoms with Gasteiger partial charge in [-0.05, 0) is 31.5 Å². The van der Waals surface area contributed by atoms with Crippen molar-refractivity contribution >= 4 is 11.9 Å². The Labute approximate surface area is 105 Å². The van der Waals surface area contributed by atoms with Gasteiger partial charge in [0.2, 0.25) is 0 Å². The molecule has 0 aliphatic rings. The fraction of sp³-hybridized carbons (Fsp3) is 0.417. The van der Waals surface area contributed by atoms with E-state index in [1.165, 1.54) is 7.11 Å². The molecule has 0 fully saturated rings. The summed E-state index contributed by atoms with van der Waals surface area (Å²) in [6.45, 7) is 3.55. The van der Waals surface area contributed by atoms with Crippen LogP contribution in [0.4, 0.5) is 0 Å². The zero-order valence-electron chi connectivity index (χ0n) is 10.6. The highest BCUT2D eigenvalue weighted by atomic mass is 16.5. The van der Waals surface area contributed by atoms with E-state index in [-0.39, 0.29) is 12.2 Å². The van der Waals surface area contributed by atoms with Crippen molar-refractivity contribution < 1.29 is 19.4 Å². The van der Waals surface area contributed by atoms with Crippen LogP contribution in [-0.2, 0) is 9.53 Å². The molecule has 2 N–H and O–H groups in total. The largest absolute Gasteiger partial charge is 0.479 e. The predicted octanol–water partition coefficient (Wildman–Crippen LogP) is 0.528. The number of carbonyl (C=O) groups excluding carboxylic acids is 1. The quantitative estimate of drug-likeness (QED) is 0.798. The van der Waals surface area contributed by atoms with Crippen LogP contribution in [0.3, 0.4) is 0 Å². The molecule has 0 radical (unpaired) electrons. The minimum Gasteiger partial charge on any atom is -0.479 e. The van der Waals surface area contributed by atoms with E-state index in [1.54, 1.807) is 13.0 Å². The van der Waals surface area contributed by atoms with Gasteiger partial charge < -0.3 is 15.2 Å². The molecule has 6 nitrogen and oxygen atoms in total. The van der Waals surface area contributed by atoms with E-state index in [0.29, 0.717) is 0 Å². The zero-order chi connectivity index (χ0) is 13.7. The average Bonchev–Trinajstić information content (AvgIpc) is 2.27. The summed E-state index contributed by atoms with van der Waals surface area (Å²) in [5.41, 5.74) is 1.93. The number of aryl methyl sites for hydroxylation is 2. The SMILES string of the molecule is COC(CNC(=O)c1cc(C)cc(C)n1)C(=O)O. The molecule has 0 saturated carbocycles. The van der Waals surface area contributed by atoms with E-state index in [9.17, 15) is 9.59 Å². The van der Waals surface area contributed by atoms with Crippen LogP contribution < -0.4 is 5.32 Å². The van der Waals surface area contributed by atoms with Gasteiger partial charge in [0.15, 0.2) is 6.10 Å². The van der Waals surface area contributed by atoms with Crippen molar-refractivity contribution in [3.63, 3.8) is 0 Å². The first kappa shape index (κ1) is 14.1. The van der Waals surface area contributed by atoms with E-state index < -0.39 is 18.0 Å². The Kier molecular flexibility index (Phi) is 4.79. The predicted molar refractivity (Wildman–Crippen MR) is 64.5 cm³/mol. The van der Waals surface area contributed by atoms with Gasteiger partial charge in [-0.25, -0.2) is 9.78 Å². The topological polar surface area (TPSA) is 88.5 Å². The fourth-order valence-corrected chi connectivity index (χ4v) is 1.51. The van der Waals surface area contributed by atoms with Crippen LogP contribution in [-0.4, -0.2) is 41.7 Å². The number of carboxylic acid groups (broad SMARTS) is 1. The number of methoxy groups -OCH3 is 1. The van der Waals surface area contributed by atoms with Crippen LogP contribution in [0.1, 0.15) is 21.7 Å². The van der Waals surface area contributed by atoms with Crippen molar-refractivity contribution in [2.45, 2.75) is 20.0 Å². The molecule has 0 spiro atoms. The highest BCUT2D eigenvalue weighted by molar-refractivity contribution is 5.92. The molecule has 1 amide bonds. The second-order valence-electron chi connectivity index (χ2n) is 3.94. The van der Waals surface area contributed by atoms with Crippen molar-refractivity contribution in [1.82, 2.24) is 10.3 Å². The molecule has 1 heterocycles. The number of hydrogen-bond acceptors (Lipinski definition) is 4. The number of carboxylic acids is 1. The Bertz CT molecular complexity index is 439. The molecule has 1 unspecified atom stereocenters. The Morgan fingerprint density at radius 1 is 1.44 bits per heavy atom. The maximum atomic E-state index is 11.8. The molecule has 1 atom stereocenters. The van der Waals surface area contributed by atoms with Crippen LogP contribution in [0.15, 0.2) is 12.1 Å². The molecule has 18 heavy (non-hydrogen) atoms. The first-order chi connectivity index (χ1) is 8.43. The van der Waals surface area contributed by atoms with Crippen LogP contribution in [0.25, 0.3) is 0 Å². The standard InChI is InChI=1S/C12H16N2O4/c1-7-4-8(2)14-9(5-7)11(15)13-6-10(18-3)12(16)17/h4-5,10H,6H2,1-3H3,(H,13,15)(H,16,17). The number of aliphatic carboxylic acids is 1. The Morgan fingerprint density at radius 2 is 2.11 bits per heavy atom. The Balaban J connectivity index is 2.68. The summed E-state index contributed by atoms with van der Waals surface area (Å²) in [7, 11) is 1.28. The van der Waals surface area contributed by atoms with Gasteiger partial charge in [0.1, 0.15) is 5.69 Å². The minimum absolute atomic E-state index is 0.0979. The number of nitrogens with one attached hydrogen (secondary N) is 1. The zero-order valence-corrected chi connectivity index (χ0v) is 10.6. The second-order valence-corrected chi connectivity index (χ2v) is 3.94. The van der Waals surface area contributed by atoms with Crippen molar-refractivity contribution in [2.75, 3.05) is 13.7 Å². The third-order valence-corrected chi connectivity index (χ3v) is 2.34. The minimum atomic E-state index is -1.12. The van der Waals surface area contributed by atoms with Gasteiger partial charge >= 0.3 is 5.97 Å². The lowest BCUT2D eigenvalue weighted by molar-refractivity contribution is -0.148. The smallest absolute Gasteiger partial charge is 0.334 e. The molecule has 1 aromatic rings. The van der Waals surface area contributed by atoms with Gasteiger partial charge in [-0.15, -0.1) is 0 Å². The number of aromatic nitrogens is 1. The van der Waals surface area contributed by atoms with E-state index in [2.05, 4.69) is 10.3 Å². The molecular weight excluding hydrogens is 236 g/mol. The third kappa shape index (κ3) is 3.81. The van der Waals surface area contributed by atoms with Gasteiger partial charge in [0, 0.05) is 12.8 Å². The van der Waals surface area contributed by atoms with Crippen molar-refractivity contribution in [2.24, 2.45) is 0 Å². The van der Waals surface area contributed by atoms with Gasteiger partial charge in [0.25, 0.3) is 5.91 Å². The molecule has 0 aliphatic heterocycles. The van der Waals surface area contributed by atoms with Gasteiger partial charge in [-0.3, -0.25) is 4.79 Å². The summed E-state index contributed by atoms with van der Waals surface area (Å²) in [5.74, 6) is -1.53. The molecular formula is C12H16N2O4. The third-order valence-electron chi connectivity index (χ3n) is 2.34. The van der Waals surface area contributed by atoms with Crippen molar-refractivity contribution in [3.8, 4) is 0 Å². The molecule has 0 aromatic carbocycles. The lowest BCUT2D eigenvalue weighted by atomic mass is 10.2. The number of ether oxygens (including phenoxy) is 1. The van der Waals surface area contributed by atoms with Gasteiger partial charge in [-0.1, -0.05) is 0 Å². The molecule has 6 heteroatoms. The summed E-state index contributed by atoms with van der Waals surface area (Å²) in [4.78, 5) is 26.5. The number of hydrogen-bond donors (Lipinski definition) is 2. The first-order valence-corrected chi connectivity index (χ1v) is 5.43. The molecule has 1 aromatic heterocycles. The van der Waals surface area contributed by atoms with Crippen LogP contribution in [0.5, 0.6) is 0 Å². The summed E-state index contributed by atoms with van der Waals surface area (Å²) in [6.07, 6.45) is -1.06. The molecule has 98 valence electrons. The molecule has 0 saturated heterocycles. The summed E-state index contributed by atoms with van der Waals surface area (Å²) < 4.78 is 4.71. The second kappa shape index (κ2) is 6.11. The van der Waals surface area contributed by atoms with Crippen molar-refractivity contribution in [1.29, 1.82) is 0 Å². The highest BCUT2D eigenvalue weighted by Gasteiger charge is 2.18. The number of nitrogens with zero attached hydrogens (tertiary/aromatic N) is 1. The van der Waals surface area contributed by atoms with Crippen LogP contribution in [0, 0.1) is 13.8 Å². The van der Waals surface area contributed by atoms with E-state index in [4.69, 9.17) is 9.84 Å². The van der Waals surface area contributed by atoms with Gasteiger partial charge in [0.05, 0.1) is 6.54 Å². The summed E-state index contributed by atoms with van der Waals surface area (Å²) in [6, 6.07) is 3.50.